The van der Waals surface area contributed by atoms with Gasteiger partial charge in [-0.2, -0.15) is 9.98 Å². The number of hydrogen-bond donors (Lipinski definition) is 2. The topological polar surface area (TPSA) is 99.3 Å². The Bertz CT molecular complexity index is 479. The third-order valence-electron chi connectivity index (χ3n) is 5.69. The van der Waals surface area contributed by atoms with E-state index in [0.717, 1.165) is 43.9 Å². The third-order valence-corrected chi connectivity index (χ3v) is 5.69. The van der Waals surface area contributed by atoms with Gasteiger partial charge in [0.2, 0.25) is 12.2 Å². The first kappa shape index (κ1) is 19.0. The van der Waals surface area contributed by atoms with Crippen molar-refractivity contribution in [3.8, 4) is 0 Å². The molecule has 0 aromatic carbocycles. The normalized spacial score (nSPS) is 36.8. The molecule has 6 heteroatoms. The van der Waals surface area contributed by atoms with Crippen molar-refractivity contribution in [3.05, 3.63) is 0 Å². The van der Waals surface area contributed by atoms with E-state index in [1.807, 2.05) is 0 Å². The fraction of sp³-hybridized carbons (Fsp3) is 0.889. The summed E-state index contributed by atoms with van der Waals surface area (Å²) in [4.78, 5) is 26.4. The van der Waals surface area contributed by atoms with Crippen LogP contribution in [0, 0.1) is 17.8 Å². The molecule has 6 nitrogen and oxygen atoms in total. The molecular formula is C18H28N2O4. The Morgan fingerprint density at radius 1 is 1.08 bits per heavy atom. The lowest BCUT2D eigenvalue weighted by Gasteiger charge is -2.57. The lowest BCUT2D eigenvalue weighted by atomic mass is 9.53. The van der Waals surface area contributed by atoms with Crippen molar-refractivity contribution < 1.29 is 19.8 Å². The molecule has 0 aromatic heterocycles. The Labute approximate surface area is 143 Å². The van der Waals surface area contributed by atoms with Crippen LogP contribution < -0.4 is 0 Å². The van der Waals surface area contributed by atoms with Gasteiger partial charge >= 0.3 is 0 Å². The lowest BCUT2D eigenvalue weighted by Crippen LogP contribution is -2.60. The summed E-state index contributed by atoms with van der Waals surface area (Å²) in [6, 6.07) is 0. The molecule has 0 aromatic rings. The number of hydrogen-bond acceptors (Lipinski definition) is 6. The molecule has 4 saturated carbocycles. The summed E-state index contributed by atoms with van der Waals surface area (Å²) in [6.07, 6.45) is 10.8. The van der Waals surface area contributed by atoms with Crippen LogP contribution in [0.3, 0.4) is 0 Å². The maximum atomic E-state index is 10.1. The zero-order chi connectivity index (χ0) is 17.6. The molecule has 3 atom stereocenters. The highest BCUT2D eigenvalue weighted by atomic mass is 16.3. The van der Waals surface area contributed by atoms with E-state index < -0.39 is 17.9 Å². The van der Waals surface area contributed by atoms with Gasteiger partial charge in [-0.15, -0.1) is 0 Å². The number of aliphatic imine (C=N–C) groups is 2. The average Bonchev–Trinajstić information content (AvgIpc) is 2.53. The number of rotatable bonds is 6. The quantitative estimate of drug-likeness (QED) is 0.442. The van der Waals surface area contributed by atoms with Gasteiger partial charge in [0.1, 0.15) is 0 Å². The van der Waals surface area contributed by atoms with Crippen LogP contribution >= 0.6 is 0 Å². The van der Waals surface area contributed by atoms with Crippen LogP contribution in [-0.4, -0.2) is 40.2 Å². The van der Waals surface area contributed by atoms with Crippen molar-refractivity contribution in [2.45, 2.75) is 82.6 Å². The molecule has 0 saturated heterocycles. The van der Waals surface area contributed by atoms with E-state index in [0.29, 0.717) is 12.3 Å². The molecule has 2 N–H and O–H groups in total. The SMILES string of the molecule is CCCCCC(N=C=O)N=C=O.OC1C2CC3CC(C2)CC1(O)C3. The Morgan fingerprint density at radius 2 is 1.67 bits per heavy atom. The predicted octanol–water partition coefficient (Wildman–Crippen LogP) is 2.48. The lowest BCUT2D eigenvalue weighted by molar-refractivity contribution is -0.203. The van der Waals surface area contributed by atoms with Crippen molar-refractivity contribution in [1.29, 1.82) is 0 Å². The highest BCUT2D eigenvalue weighted by Crippen LogP contribution is 2.55. The van der Waals surface area contributed by atoms with Gasteiger partial charge in [-0.05, 0) is 62.7 Å². The number of nitrogens with zero attached hydrogens (tertiary/aromatic N) is 2. The van der Waals surface area contributed by atoms with Crippen LogP contribution in [0.4, 0.5) is 0 Å². The number of carbonyl (C=O) groups excluding carboxylic acids is 2. The highest BCUT2D eigenvalue weighted by molar-refractivity contribution is 5.36. The van der Waals surface area contributed by atoms with E-state index in [1.165, 1.54) is 31.4 Å². The van der Waals surface area contributed by atoms with Crippen LogP contribution in [0.2, 0.25) is 0 Å². The van der Waals surface area contributed by atoms with Crippen molar-refractivity contribution in [1.82, 2.24) is 0 Å². The zero-order valence-electron chi connectivity index (χ0n) is 14.4. The first-order valence-corrected chi connectivity index (χ1v) is 9.06. The molecular weight excluding hydrogens is 308 g/mol. The molecule has 0 amide bonds. The number of unbranched alkanes of at least 4 members (excludes halogenated alkanes) is 2. The average molecular weight is 336 g/mol. The molecule has 0 spiro atoms. The summed E-state index contributed by atoms with van der Waals surface area (Å²) < 4.78 is 0. The molecule has 4 fully saturated rings. The summed E-state index contributed by atoms with van der Waals surface area (Å²) in [5, 5.41) is 20.0. The van der Waals surface area contributed by atoms with Gasteiger partial charge in [0.15, 0.2) is 6.17 Å². The van der Waals surface area contributed by atoms with Crippen LogP contribution in [-0.2, 0) is 9.59 Å². The van der Waals surface area contributed by atoms with Gasteiger partial charge in [0, 0.05) is 0 Å². The van der Waals surface area contributed by atoms with Crippen molar-refractivity contribution in [2.24, 2.45) is 27.7 Å². The van der Waals surface area contributed by atoms with E-state index in [2.05, 4.69) is 16.9 Å². The van der Waals surface area contributed by atoms with Gasteiger partial charge < -0.3 is 10.2 Å². The molecule has 0 radical (unpaired) electrons. The van der Waals surface area contributed by atoms with E-state index in [1.54, 1.807) is 0 Å². The molecule has 4 rings (SSSR count). The van der Waals surface area contributed by atoms with Crippen LogP contribution in [0.1, 0.15) is 64.7 Å². The maximum Gasteiger partial charge on any atom is 0.237 e. The predicted molar refractivity (Wildman–Crippen MR) is 88.7 cm³/mol. The van der Waals surface area contributed by atoms with Gasteiger partial charge in [-0.3, -0.25) is 0 Å². The Hall–Kier alpha value is -1.32. The van der Waals surface area contributed by atoms with Crippen molar-refractivity contribution in [3.63, 3.8) is 0 Å². The van der Waals surface area contributed by atoms with Gasteiger partial charge in [0.05, 0.1) is 11.7 Å². The summed E-state index contributed by atoms with van der Waals surface area (Å²) in [5.41, 5.74) is -0.686. The van der Waals surface area contributed by atoms with E-state index in [4.69, 9.17) is 0 Å². The Balaban J connectivity index is 0.000000174. The molecule has 24 heavy (non-hydrogen) atoms. The minimum atomic E-state index is -0.686. The minimum absolute atomic E-state index is 0.412. The maximum absolute atomic E-state index is 10.1. The molecule has 4 aliphatic carbocycles. The fourth-order valence-corrected chi connectivity index (χ4v) is 4.83. The standard InChI is InChI=1S/C10H16O2.C8H12N2O2/c11-9-8-2-6-1-7(3-8)5-10(9,12)4-6;1-2-3-4-5-8(9-6-11)10-7-12/h6-9,11-12H,1-5H2;8H,2-5H2,1H3. The summed E-state index contributed by atoms with van der Waals surface area (Å²) in [6.45, 7) is 2.07. The zero-order valence-corrected chi connectivity index (χ0v) is 14.4. The molecule has 3 unspecified atom stereocenters. The van der Waals surface area contributed by atoms with Crippen molar-refractivity contribution >= 4 is 12.2 Å². The van der Waals surface area contributed by atoms with Gasteiger partial charge in [-0.1, -0.05) is 19.8 Å². The summed E-state index contributed by atoms with van der Waals surface area (Å²) in [5.74, 6) is 1.85. The first-order valence-electron chi connectivity index (χ1n) is 9.06. The molecule has 0 aliphatic heterocycles. The minimum Gasteiger partial charge on any atom is -0.390 e. The second kappa shape index (κ2) is 8.68. The summed E-state index contributed by atoms with van der Waals surface area (Å²) >= 11 is 0. The van der Waals surface area contributed by atoms with E-state index in [-0.39, 0.29) is 0 Å². The van der Waals surface area contributed by atoms with Gasteiger partial charge in [0.25, 0.3) is 0 Å². The molecule has 4 aliphatic rings. The fourth-order valence-electron chi connectivity index (χ4n) is 4.83. The largest absolute Gasteiger partial charge is 0.390 e. The number of isocyanates is 2. The first-order chi connectivity index (χ1) is 11.5. The smallest absolute Gasteiger partial charge is 0.237 e. The second-order valence-corrected chi connectivity index (χ2v) is 7.57. The Morgan fingerprint density at radius 3 is 2.12 bits per heavy atom. The number of aliphatic hydroxyl groups excluding tert-OH is 1. The van der Waals surface area contributed by atoms with Gasteiger partial charge in [-0.25, -0.2) is 9.59 Å². The number of aliphatic hydroxyl groups is 2. The molecule has 4 bridgehead atoms. The highest BCUT2D eigenvalue weighted by Gasteiger charge is 2.55. The Kier molecular flexibility index (Phi) is 6.88. The summed E-state index contributed by atoms with van der Waals surface area (Å²) in [7, 11) is 0. The van der Waals surface area contributed by atoms with E-state index >= 15 is 0 Å². The van der Waals surface area contributed by atoms with Crippen LogP contribution in [0.15, 0.2) is 9.98 Å². The van der Waals surface area contributed by atoms with Crippen molar-refractivity contribution in [2.75, 3.05) is 0 Å². The molecule has 134 valence electrons. The monoisotopic (exact) mass is 336 g/mol. The van der Waals surface area contributed by atoms with Crippen LogP contribution in [0.25, 0.3) is 0 Å². The van der Waals surface area contributed by atoms with E-state index in [9.17, 15) is 19.8 Å². The molecule has 0 heterocycles. The third kappa shape index (κ3) is 4.61. The second-order valence-electron chi connectivity index (χ2n) is 7.57. The van der Waals surface area contributed by atoms with Crippen LogP contribution in [0.5, 0.6) is 0 Å².